The zero-order chi connectivity index (χ0) is 39.7. The van der Waals surface area contributed by atoms with Gasteiger partial charge < -0.3 is 0 Å². The van der Waals surface area contributed by atoms with Gasteiger partial charge in [0.05, 0.1) is 26.0 Å². The van der Waals surface area contributed by atoms with Crippen molar-refractivity contribution in [2.75, 3.05) is 0 Å². The monoisotopic (exact) mass is 780 g/mol. The number of nitrogens with zero attached hydrogens (tertiary/aromatic N) is 3. The van der Waals surface area contributed by atoms with Gasteiger partial charge in [0.1, 0.15) is 0 Å². The molecule has 3 saturated carbocycles. The van der Waals surface area contributed by atoms with Gasteiger partial charge in [0.2, 0.25) is 17.4 Å². The second kappa shape index (κ2) is 17.1. The summed E-state index contributed by atoms with van der Waals surface area (Å²) in [6.07, 6.45) is 35.2. The smallest absolute Gasteiger partial charge is 0.249 e. The first kappa shape index (κ1) is 40.4. The summed E-state index contributed by atoms with van der Waals surface area (Å²) in [4.78, 5) is 6.01. The Hall–Kier alpha value is -3.37. The minimum atomic E-state index is -1.68. The molecule has 4 heterocycles. The lowest BCUT2D eigenvalue weighted by molar-refractivity contribution is -0.729. The molecule has 8 rings (SSSR count). The highest BCUT2D eigenvalue weighted by atomic mass is 28.3. The molecule has 3 unspecified atom stereocenters. The Balaban J connectivity index is 1.32. The first-order valence-electron chi connectivity index (χ1n) is 23.3. The molecule has 0 bridgehead atoms. The van der Waals surface area contributed by atoms with Crippen LogP contribution in [0.2, 0.25) is 19.6 Å². The molecule has 0 saturated heterocycles. The molecule has 0 radical (unpaired) electrons. The van der Waals surface area contributed by atoms with Crippen LogP contribution >= 0.6 is 0 Å². The van der Waals surface area contributed by atoms with E-state index < -0.39 is 8.07 Å². The molecule has 2 aliphatic heterocycles. The summed E-state index contributed by atoms with van der Waals surface area (Å²) >= 11 is 0. The van der Waals surface area contributed by atoms with Crippen molar-refractivity contribution in [3.63, 3.8) is 0 Å². The van der Waals surface area contributed by atoms with Crippen LogP contribution in [-0.4, -0.2) is 19.3 Å². The molecule has 3 aliphatic carbocycles. The molecule has 3 nitrogen and oxygen atoms in total. The van der Waals surface area contributed by atoms with Gasteiger partial charge in [-0.15, -0.1) is 0 Å². The van der Waals surface area contributed by atoms with Crippen molar-refractivity contribution in [2.45, 2.75) is 173 Å². The lowest BCUT2D eigenvalue weighted by Crippen LogP contribution is -2.57. The summed E-state index contributed by atoms with van der Waals surface area (Å²) in [5.74, 6) is 2.67. The van der Waals surface area contributed by atoms with Gasteiger partial charge in [-0.2, -0.15) is 9.13 Å². The van der Waals surface area contributed by atoms with Crippen molar-refractivity contribution in [3.05, 3.63) is 108 Å². The van der Waals surface area contributed by atoms with Crippen LogP contribution in [0.15, 0.2) is 90.2 Å². The molecule has 4 heteroatoms. The molecule has 3 fully saturated rings. The van der Waals surface area contributed by atoms with Crippen molar-refractivity contribution in [1.82, 2.24) is 0 Å². The van der Waals surface area contributed by atoms with Gasteiger partial charge in [-0.05, 0) is 106 Å². The van der Waals surface area contributed by atoms with Crippen LogP contribution in [0.25, 0.3) is 17.0 Å². The Kier molecular flexibility index (Phi) is 12.1. The van der Waals surface area contributed by atoms with Gasteiger partial charge in [-0.3, -0.25) is 4.99 Å². The van der Waals surface area contributed by atoms with Crippen LogP contribution in [0.4, 0.5) is 0 Å². The lowest BCUT2D eigenvalue weighted by Gasteiger charge is -2.33. The first-order chi connectivity index (χ1) is 27.5. The van der Waals surface area contributed by atoms with E-state index in [1.54, 1.807) is 10.8 Å². The van der Waals surface area contributed by atoms with Crippen LogP contribution in [0.1, 0.15) is 151 Å². The number of aliphatic imine (C=N–C) groups is 1. The quantitative estimate of drug-likeness (QED) is 0.0845. The Morgan fingerprint density at radius 2 is 1.53 bits per heavy atom. The van der Waals surface area contributed by atoms with Crippen LogP contribution in [-0.2, 0) is 19.3 Å². The average molecular weight is 780 g/mol. The third-order valence-electron chi connectivity index (χ3n) is 14.7. The molecule has 1 aromatic carbocycles. The molecule has 57 heavy (non-hydrogen) atoms. The molecular formula is C53H73N3Si+2. The van der Waals surface area contributed by atoms with Gasteiger partial charge in [-0.1, -0.05) is 133 Å². The zero-order valence-corrected chi connectivity index (χ0v) is 37.6. The van der Waals surface area contributed by atoms with Crippen molar-refractivity contribution in [2.24, 2.45) is 22.7 Å². The fourth-order valence-electron chi connectivity index (χ4n) is 12.1. The largest absolute Gasteiger partial charge is 0.278 e. The van der Waals surface area contributed by atoms with E-state index in [9.17, 15) is 0 Å². The standard InChI is InChI=1S/C53H73N3Si/c1-8-17-45(32-42-22-13-14-23-42)54-53(35-38(2)3)28-26-49-47-24-15-16-25-48(47)50-34-44(31-41-20-11-12-21-41)51(57(5,6)7)37-56(50)52(49)39(4)55-29-27-43(33-46(55)36-53)30-40-18-9-10-19-40/h8,15-17,24-25,27,29,33-35,37,40-42,49,52H,4,9-14,18-23,26,28,30-32,36H2,1-3,5-7H3/q+2/b17-8-,54-45?. The van der Waals surface area contributed by atoms with Gasteiger partial charge in [0.25, 0.3) is 0 Å². The topological polar surface area (TPSA) is 20.1 Å². The van der Waals surface area contributed by atoms with Crippen LogP contribution < -0.4 is 14.3 Å². The van der Waals surface area contributed by atoms with Crippen LogP contribution in [0.3, 0.4) is 0 Å². The van der Waals surface area contributed by atoms with Gasteiger partial charge in [-0.25, -0.2) is 0 Å². The minimum absolute atomic E-state index is 0.120. The van der Waals surface area contributed by atoms with E-state index in [1.807, 2.05) is 0 Å². The summed E-state index contributed by atoms with van der Waals surface area (Å²) in [6, 6.07) is 17.2. The van der Waals surface area contributed by atoms with E-state index >= 15 is 0 Å². The maximum Gasteiger partial charge on any atom is 0.249 e. The minimum Gasteiger partial charge on any atom is -0.278 e. The molecule has 0 amide bonds. The average Bonchev–Trinajstić information content (AvgIpc) is 3.99. The molecule has 3 aromatic rings. The van der Waals surface area contributed by atoms with Crippen LogP contribution in [0.5, 0.6) is 0 Å². The fraction of sp³-hybridized carbons (Fsp3) is 0.566. The summed E-state index contributed by atoms with van der Waals surface area (Å²) in [7, 11) is -1.68. The van der Waals surface area contributed by atoms with E-state index in [4.69, 9.17) is 11.6 Å². The Bertz CT molecular complexity index is 2020. The molecule has 0 spiro atoms. The molecular weight excluding hydrogens is 707 g/mol. The van der Waals surface area contributed by atoms with Crippen molar-refractivity contribution in [3.8, 4) is 11.3 Å². The Morgan fingerprint density at radius 3 is 2.19 bits per heavy atom. The number of allylic oxidation sites excluding steroid dienone is 4. The SMILES string of the molecule is C=C1C2C(CCC(C=C(C)C)(N=C(/C=C\C)CC3CCCC3)Cc3cc(CC4CCCC4)cc[n+]31)c1ccccc1-c1cc(CC3CCCC3)c([Si](C)(C)C)c[n+]12. The third-order valence-corrected chi connectivity index (χ3v) is 16.8. The molecule has 3 atom stereocenters. The molecule has 5 aliphatic rings. The summed E-state index contributed by atoms with van der Waals surface area (Å²) in [6.45, 7) is 19.6. The number of hydrogen-bond acceptors (Lipinski definition) is 1. The number of pyridine rings is 2. The maximum atomic E-state index is 6.01. The molecule has 0 N–H and O–H groups in total. The summed E-state index contributed by atoms with van der Waals surface area (Å²) in [5.41, 5.74) is 12.3. The lowest BCUT2D eigenvalue weighted by atomic mass is 9.76. The number of aromatic nitrogens is 2. The molecule has 302 valence electrons. The first-order valence-corrected chi connectivity index (χ1v) is 26.8. The van der Waals surface area contributed by atoms with Gasteiger partial charge >= 0.3 is 0 Å². The van der Waals surface area contributed by atoms with E-state index in [0.29, 0.717) is 0 Å². The van der Waals surface area contributed by atoms with Crippen molar-refractivity contribution >= 4 is 24.7 Å². The predicted octanol–water partition coefficient (Wildman–Crippen LogP) is 12.4. The van der Waals surface area contributed by atoms with Crippen molar-refractivity contribution in [1.29, 1.82) is 0 Å². The second-order valence-corrected chi connectivity index (χ2v) is 25.5. The Labute approximate surface area is 347 Å². The summed E-state index contributed by atoms with van der Waals surface area (Å²) in [5, 5.41) is 1.65. The van der Waals surface area contributed by atoms with E-state index in [0.717, 1.165) is 43.4 Å². The normalized spacial score (nSPS) is 24.8. The van der Waals surface area contributed by atoms with E-state index in [1.165, 1.54) is 135 Å². The number of benzene rings is 1. The highest BCUT2D eigenvalue weighted by Gasteiger charge is 2.49. The van der Waals surface area contributed by atoms with Gasteiger partial charge in [0, 0.05) is 34.7 Å². The highest BCUT2D eigenvalue weighted by Crippen LogP contribution is 2.47. The predicted molar refractivity (Wildman–Crippen MR) is 244 cm³/mol. The van der Waals surface area contributed by atoms with E-state index in [-0.39, 0.29) is 17.5 Å². The zero-order valence-electron chi connectivity index (χ0n) is 36.6. The maximum absolute atomic E-state index is 6.01. The van der Waals surface area contributed by atoms with Crippen molar-refractivity contribution < 1.29 is 9.13 Å². The third kappa shape index (κ3) is 8.83. The summed E-state index contributed by atoms with van der Waals surface area (Å²) < 4.78 is 5.27. The number of rotatable bonds is 10. The number of fused-ring (bicyclic) bond motifs is 7. The fourth-order valence-corrected chi connectivity index (χ4v) is 13.8. The number of hydrogen-bond donors (Lipinski definition) is 0. The second-order valence-electron chi connectivity index (χ2n) is 20.5. The highest BCUT2D eigenvalue weighted by molar-refractivity contribution is 6.89. The Morgan fingerprint density at radius 1 is 0.860 bits per heavy atom. The van der Waals surface area contributed by atoms with Gasteiger partial charge in [0.15, 0.2) is 18.1 Å². The molecule has 2 aromatic heterocycles. The van der Waals surface area contributed by atoms with Crippen LogP contribution in [0, 0.1) is 17.8 Å². The van der Waals surface area contributed by atoms with E-state index in [2.05, 4.69) is 123 Å².